The number of nitrogens with zero attached hydrogens (tertiary/aromatic N) is 4. The van der Waals surface area contributed by atoms with Gasteiger partial charge < -0.3 is 35.5 Å². The van der Waals surface area contributed by atoms with Crippen LogP contribution < -0.4 is 21.1 Å². The minimum absolute atomic E-state index is 0.0686. The molecule has 1 fully saturated rings. The van der Waals surface area contributed by atoms with Crippen molar-refractivity contribution in [3.05, 3.63) is 47.7 Å². The molecule has 0 saturated carbocycles. The average molecular weight is 520 g/mol. The molecule has 1 aromatic carbocycles. The Kier molecular flexibility index (Phi) is 8.21. The second-order valence-electron chi connectivity index (χ2n) is 9.83. The van der Waals surface area contributed by atoms with E-state index in [0.717, 1.165) is 65.5 Å². The van der Waals surface area contributed by atoms with Crippen molar-refractivity contribution < 1.29 is 14.6 Å². The van der Waals surface area contributed by atoms with E-state index in [1.165, 1.54) is 0 Å². The molecule has 2 atom stereocenters. The summed E-state index contributed by atoms with van der Waals surface area (Å²) < 4.78 is 13.4. The fourth-order valence-electron chi connectivity index (χ4n) is 5.27. The molecule has 38 heavy (non-hydrogen) atoms. The molecule has 202 valence electrons. The van der Waals surface area contributed by atoms with Gasteiger partial charge in [-0.25, -0.2) is 9.97 Å². The molecule has 3 aromatic heterocycles. The minimum Gasteiger partial charge on any atom is -0.481 e. The van der Waals surface area contributed by atoms with Gasteiger partial charge in [-0.15, -0.1) is 0 Å². The quantitative estimate of drug-likeness (QED) is 0.222. The van der Waals surface area contributed by atoms with E-state index in [1.54, 1.807) is 7.11 Å². The summed E-state index contributed by atoms with van der Waals surface area (Å²) >= 11 is 0. The van der Waals surface area contributed by atoms with Crippen molar-refractivity contribution in [2.24, 2.45) is 0 Å². The molecule has 0 unspecified atom stereocenters. The van der Waals surface area contributed by atoms with E-state index >= 15 is 0 Å². The van der Waals surface area contributed by atoms with Crippen LogP contribution >= 0.6 is 0 Å². The van der Waals surface area contributed by atoms with Gasteiger partial charge in [0.25, 0.3) is 0 Å². The highest BCUT2D eigenvalue weighted by Gasteiger charge is 2.21. The molecule has 4 aromatic rings. The van der Waals surface area contributed by atoms with E-state index < -0.39 is 0 Å². The molecular formula is C28H37N7O3. The highest BCUT2D eigenvalue weighted by Crippen LogP contribution is 2.34. The lowest BCUT2D eigenvalue weighted by Crippen LogP contribution is -2.28. The number of pyridine rings is 1. The van der Waals surface area contributed by atoms with Gasteiger partial charge in [-0.2, -0.15) is 4.98 Å². The van der Waals surface area contributed by atoms with Crippen LogP contribution in [-0.2, 0) is 17.8 Å². The van der Waals surface area contributed by atoms with Gasteiger partial charge in [0.2, 0.25) is 11.8 Å². The van der Waals surface area contributed by atoms with Gasteiger partial charge in [-0.3, -0.25) is 0 Å². The number of nitrogens with two attached hydrogens (primary N) is 1. The predicted molar refractivity (Wildman–Crippen MR) is 149 cm³/mol. The maximum atomic E-state index is 9.63. The summed E-state index contributed by atoms with van der Waals surface area (Å²) in [6.07, 6.45) is 5.40. The van der Waals surface area contributed by atoms with Crippen molar-refractivity contribution in [1.29, 1.82) is 0 Å². The molecule has 10 nitrogen and oxygen atoms in total. The van der Waals surface area contributed by atoms with Gasteiger partial charge >= 0.3 is 0 Å². The summed E-state index contributed by atoms with van der Waals surface area (Å²) in [7, 11) is 1.65. The Labute approximate surface area is 222 Å². The first kappa shape index (κ1) is 26.1. The van der Waals surface area contributed by atoms with Crippen LogP contribution in [0.2, 0.25) is 0 Å². The van der Waals surface area contributed by atoms with Crippen molar-refractivity contribution in [3.8, 4) is 5.88 Å². The molecule has 0 radical (unpaired) electrons. The molecular weight excluding hydrogens is 482 g/mol. The number of benzene rings is 1. The summed E-state index contributed by atoms with van der Waals surface area (Å²) in [5.74, 6) is 1.46. The van der Waals surface area contributed by atoms with Gasteiger partial charge in [0.05, 0.1) is 25.8 Å². The van der Waals surface area contributed by atoms with E-state index in [4.69, 9.17) is 15.2 Å². The van der Waals surface area contributed by atoms with Crippen molar-refractivity contribution in [2.75, 3.05) is 38.0 Å². The van der Waals surface area contributed by atoms with Crippen molar-refractivity contribution in [3.63, 3.8) is 0 Å². The Morgan fingerprint density at radius 1 is 1.26 bits per heavy atom. The largest absolute Gasteiger partial charge is 0.481 e. The average Bonchev–Trinajstić information content (AvgIpc) is 3.55. The SMILES string of the molecule is CCC[C@@H](CCO)Nc1nc(N)nc2c3ccccc3n(Cc3cc(CN[C@H]4CCOC4)cnc3OC)c12. The van der Waals surface area contributed by atoms with Crippen molar-refractivity contribution in [2.45, 2.75) is 57.8 Å². The lowest BCUT2D eigenvalue weighted by molar-refractivity contribution is 0.190. The van der Waals surface area contributed by atoms with E-state index in [2.05, 4.69) is 55.3 Å². The second-order valence-corrected chi connectivity index (χ2v) is 9.83. The molecule has 1 saturated heterocycles. The lowest BCUT2D eigenvalue weighted by atomic mass is 10.1. The fourth-order valence-corrected chi connectivity index (χ4v) is 5.27. The van der Waals surface area contributed by atoms with Crippen LogP contribution in [0.15, 0.2) is 36.5 Å². The molecule has 1 aliphatic rings. The summed E-state index contributed by atoms with van der Waals surface area (Å²) in [5.41, 5.74) is 10.9. The zero-order valence-electron chi connectivity index (χ0n) is 22.1. The summed E-state index contributed by atoms with van der Waals surface area (Å²) in [6, 6.07) is 10.7. The number of nitrogen functional groups attached to an aromatic ring is 1. The van der Waals surface area contributed by atoms with E-state index in [-0.39, 0.29) is 18.6 Å². The first-order chi connectivity index (χ1) is 18.6. The molecule has 0 amide bonds. The Morgan fingerprint density at radius 3 is 2.89 bits per heavy atom. The number of nitrogens with one attached hydrogen (secondary N) is 2. The zero-order chi connectivity index (χ0) is 26.5. The number of aromatic nitrogens is 4. The van der Waals surface area contributed by atoms with E-state index in [1.807, 2.05) is 18.3 Å². The van der Waals surface area contributed by atoms with Gasteiger partial charge in [0.1, 0.15) is 11.0 Å². The number of aliphatic hydroxyl groups excluding tert-OH is 1. The third-order valence-corrected chi connectivity index (χ3v) is 7.11. The van der Waals surface area contributed by atoms with Crippen molar-refractivity contribution in [1.82, 2.24) is 24.8 Å². The molecule has 1 aliphatic heterocycles. The maximum Gasteiger partial charge on any atom is 0.222 e. The third-order valence-electron chi connectivity index (χ3n) is 7.11. The summed E-state index contributed by atoms with van der Waals surface area (Å²) in [5, 5.41) is 17.8. The number of hydrogen-bond donors (Lipinski definition) is 4. The van der Waals surface area contributed by atoms with Crippen molar-refractivity contribution >= 4 is 33.7 Å². The third kappa shape index (κ3) is 5.52. The van der Waals surface area contributed by atoms with Crippen LogP contribution in [0.25, 0.3) is 21.9 Å². The Bertz CT molecular complexity index is 1380. The molecule has 0 aliphatic carbocycles. The number of hydrogen-bond acceptors (Lipinski definition) is 9. The maximum absolute atomic E-state index is 9.63. The lowest BCUT2D eigenvalue weighted by Gasteiger charge is -2.20. The number of para-hydroxylation sites is 1. The first-order valence-corrected chi connectivity index (χ1v) is 13.4. The van der Waals surface area contributed by atoms with Crippen LogP contribution in [0.5, 0.6) is 5.88 Å². The predicted octanol–water partition coefficient (Wildman–Crippen LogP) is 3.46. The summed E-state index contributed by atoms with van der Waals surface area (Å²) in [6.45, 7) is 5.00. The number of methoxy groups -OCH3 is 1. The summed E-state index contributed by atoms with van der Waals surface area (Å²) in [4.78, 5) is 13.9. The van der Waals surface area contributed by atoms with Crippen LogP contribution in [0, 0.1) is 0 Å². The number of aliphatic hydroxyl groups is 1. The smallest absolute Gasteiger partial charge is 0.222 e. The van der Waals surface area contributed by atoms with Gasteiger partial charge in [-0.05, 0) is 37.0 Å². The number of fused-ring (bicyclic) bond motifs is 3. The number of anilines is 2. The fraction of sp³-hybridized carbons (Fsp3) is 0.464. The zero-order valence-corrected chi connectivity index (χ0v) is 22.1. The molecule has 4 heterocycles. The normalized spacial score (nSPS) is 16.3. The highest BCUT2D eigenvalue weighted by atomic mass is 16.5. The molecule has 0 spiro atoms. The van der Waals surface area contributed by atoms with E-state index in [0.29, 0.717) is 37.3 Å². The molecule has 5 rings (SSSR count). The minimum atomic E-state index is 0.0686. The number of rotatable bonds is 12. The van der Waals surface area contributed by atoms with Gasteiger partial charge in [0, 0.05) is 49.0 Å². The molecule has 10 heteroatoms. The van der Waals surface area contributed by atoms with Crippen LogP contribution in [0.3, 0.4) is 0 Å². The Hall–Kier alpha value is -3.47. The van der Waals surface area contributed by atoms with Crippen LogP contribution in [0.1, 0.15) is 43.7 Å². The molecule has 0 bridgehead atoms. The number of ether oxygens (including phenoxy) is 2. The van der Waals surface area contributed by atoms with E-state index in [9.17, 15) is 5.11 Å². The Balaban J connectivity index is 1.58. The molecule has 5 N–H and O–H groups in total. The van der Waals surface area contributed by atoms with Crippen LogP contribution in [-0.4, -0.2) is 63.6 Å². The monoisotopic (exact) mass is 519 g/mol. The standard InChI is InChI=1S/C28H37N7O3/c1-3-6-20(9-11-36)32-26-25-24(33-28(29)34-26)22-7-4-5-8-23(22)35(25)16-19-13-18(15-31-27(19)37-2)14-30-21-10-12-38-17-21/h4-5,7-8,13,15,20-21,30,36H,3,6,9-12,14,16-17H2,1-2H3,(H3,29,32,33,34)/t20-,21-/m0/s1. The van der Waals surface area contributed by atoms with Gasteiger partial charge in [-0.1, -0.05) is 31.5 Å². The second kappa shape index (κ2) is 11.9. The topological polar surface area (TPSA) is 132 Å². The Morgan fingerprint density at radius 2 is 2.13 bits per heavy atom. The highest BCUT2D eigenvalue weighted by molar-refractivity contribution is 6.09. The first-order valence-electron chi connectivity index (χ1n) is 13.4. The van der Waals surface area contributed by atoms with Gasteiger partial charge in [0.15, 0.2) is 5.82 Å². The van der Waals surface area contributed by atoms with Crippen LogP contribution in [0.4, 0.5) is 11.8 Å².